The maximum atomic E-state index is 5.87. The van der Waals surface area contributed by atoms with Gasteiger partial charge in [0.2, 0.25) is 5.89 Å². The van der Waals surface area contributed by atoms with Crippen LogP contribution in [0.25, 0.3) is 11.5 Å². The van der Waals surface area contributed by atoms with Crippen molar-refractivity contribution in [3.8, 4) is 17.2 Å². The third kappa shape index (κ3) is 2.62. The number of hydrogen-bond acceptors (Lipinski definition) is 4. The number of hydrogen-bond donors (Lipinski definition) is 0. The molecule has 0 bridgehead atoms. The highest BCUT2D eigenvalue weighted by Gasteiger charge is 2.15. The van der Waals surface area contributed by atoms with E-state index < -0.39 is 0 Å². The van der Waals surface area contributed by atoms with Crippen LogP contribution >= 0.6 is 0 Å². The van der Waals surface area contributed by atoms with Gasteiger partial charge in [0.15, 0.2) is 0 Å². The van der Waals surface area contributed by atoms with Crippen molar-refractivity contribution in [3.63, 3.8) is 0 Å². The van der Waals surface area contributed by atoms with E-state index in [9.17, 15) is 0 Å². The number of ether oxygens (including phenoxy) is 1. The number of aromatic nitrogens is 3. The quantitative estimate of drug-likeness (QED) is 0.739. The van der Waals surface area contributed by atoms with Gasteiger partial charge in [-0.25, -0.2) is 9.97 Å². The third-order valence-electron chi connectivity index (χ3n) is 3.76. The molecule has 0 saturated heterocycles. The van der Waals surface area contributed by atoms with Crippen molar-refractivity contribution in [2.24, 2.45) is 0 Å². The molecule has 2 heterocycles. The van der Waals surface area contributed by atoms with E-state index in [2.05, 4.69) is 16.0 Å². The van der Waals surface area contributed by atoms with Crippen molar-refractivity contribution in [1.29, 1.82) is 0 Å². The van der Waals surface area contributed by atoms with Gasteiger partial charge in [-0.05, 0) is 44.0 Å². The minimum atomic E-state index is 0.649. The molecule has 0 aliphatic rings. The second kappa shape index (κ2) is 5.67. The second-order valence-corrected chi connectivity index (χ2v) is 5.39. The van der Waals surface area contributed by atoms with Crippen LogP contribution in [0.5, 0.6) is 5.75 Å². The van der Waals surface area contributed by atoms with Crippen molar-refractivity contribution in [2.45, 2.75) is 27.3 Å². The lowest BCUT2D eigenvalue weighted by atomic mass is 10.0. The number of imidazole rings is 1. The van der Waals surface area contributed by atoms with Crippen LogP contribution in [0, 0.1) is 20.8 Å². The molecule has 0 radical (unpaired) electrons. The summed E-state index contributed by atoms with van der Waals surface area (Å²) in [6.45, 7) is 6.65. The predicted octanol–water partition coefficient (Wildman–Crippen LogP) is 3.52. The molecular formula is C17H19N3O2. The maximum Gasteiger partial charge on any atom is 0.226 e. The van der Waals surface area contributed by atoms with Gasteiger partial charge < -0.3 is 13.7 Å². The van der Waals surface area contributed by atoms with Crippen molar-refractivity contribution in [1.82, 2.24) is 14.5 Å². The number of aryl methyl sites for hydroxylation is 3. The predicted molar refractivity (Wildman–Crippen MR) is 84.0 cm³/mol. The summed E-state index contributed by atoms with van der Waals surface area (Å²) in [5, 5.41) is 0. The van der Waals surface area contributed by atoms with Gasteiger partial charge in [-0.15, -0.1) is 0 Å². The minimum Gasteiger partial charge on any atom is -0.496 e. The molecule has 2 aromatic heterocycles. The van der Waals surface area contributed by atoms with Gasteiger partial charge in [0.25, 0.3) is 0 Å². The Morgan fingerprint density at radius 3 is 2.68 bits per heavy atom. The summed E-state index contributed by atoms with van der Waals surface area (Å²) < 4.78 is 13.2. The van der Waals surface area contributed by atoms with Crippen LogP contribution in [-0.4, -0.2) is 21.6 Å². The van der Waals surface area contributed by atoms with E-state index in [0.29, 0.717) is 12.4 Å². The molecule has 3 rings (SSSR count). The Hall–Kier alpha value is -2.56. The van der Waals surface area contributed by atoms with E-state index in [0.717, 1.165) is 33.9 Å². The van der Waals surface area contributed by atoms with Gasteiger partial charge in [-0.1, -0.05) is 0 Å². The second-order valence-electron chi connectivity index (χ2n) is 5.39. The number of methoxy groups -OCH3 is 1. The molecule has 0 atom stereocenters. The molecule has 0 spiro atoms. The van der Waals surface area contributed by atoms with Gasteiger partial charge in [0, 0.05) is 18.0 Å². The zero-order valence-electron chi connectivity index (χ0n) is 13.3. The van der Waals surface area contributed by atoms with E-state index in [1.54, 1.807) is 19.6 Å². The molecule has 22 heavy (non-hydrogen) atoms. The van der Waals surface area contributed by atoms with Crippen molar-refractivity contribution < 1.29 is 9.15 Å². The summed E-state index contributed by atoms with van der Waals surface area (Å²) in [6, 6.07) is 4.07. The number of rotatable bonds is 4. The lowest BCUT2D eigenvalue weighted by Gasteiger charge is -2.08. The van der Waals surface area contributed by atoms with Crippen LogP contribution in [0.15, 0.2) is 35.3 Å². The number of benzene rings is 1. The van der Waals surface area contributed by atoms with Crippen LogP contribution in [0.2, 0.25) is 0 Å². The first-order valence-corrected chi connectivity index (χ1v) is 7.16. The number of nitrogens with zero attached hydrogens (tertiary/aromatic N) is 3. The average Bonchev–Trinajstić information content (AvgIpc) is 3.12. The molecule has 0 aliphatic heterocycles. The standard InChI is InChI=1S/C17H19N3O2/c1-11-8-16(21-4)12(2)7-14(11)17-19-15(13(3)22-17)9-20-6-5-18-10-20/h5-8,10H,9H2,1-4H3. The molecule has 3 aromatic rings. The molecule has 0 amide bonds. The Labute approximate surface area is 129 Å². The highest BCUT2D eigenvalue weighted by Crippen LogP contribution is 2.30. The minimum absolute atomic E-state index is 0.649. The smallest absolute Gasteiger partial charge is 0.226 e. The molecule has 5 nitrogen and oxygen atoms in total. The van der Waals surface area contributed by atoms with Crippen LogP contribution in [0.4, 0.5) is 0 Å². The first-order valence-electron chi connectivity index (χ1n) is 7.16. The summed E-state index contributed by atoms with van der Waals surface area (Å²) in [5.74, 6) is 2.36. The molecule has 5 heteroatoms. The topological polar surface area (TPSA) is 53.1 Å². The fourth-order valence-corrected chi connectivity index (χ4v) is 2.48. The van der Waals surface area contributed by atoms with Crippen LogP contribution in [0.3, 0.4) is 0 Å². The van der Waals surface area contributed by atoms with Gasteiger partial charge >= 0.3 is 0 Å². The Bertz CT molecular complexity index is 789. The summed E-state index contributed by atoms with van der Waals surface area (Å²) in [6.07, 6.45) is 5.44. The molecule has 0 saturated carbocycles. The molecule has 0 fully saturated rings. The van der Waals surface area contributed by atoms with Crippen LogP contribution < -0.4 is 4.74 Å². The number of oxazole rings is 1. The van der Waals surface area contributed by atoms with Crippen molar-refractivity contribution in [3.05, 3.63) is 53.4 Å². The molecule has 0 N–H and O–H groups in total. The molecule has 1 aromatic carbocycles. The van der Waals surface area contributed by atoms with E-state index >= 15 is 0 Å². The van der Waals surface area contributed by atoms with Gasteiger partial charge in [0.1, 0.15) is 17.2 Å². The SMILES string of the molecule is COc1cc(C)c(-c2nc(Cn3ccnc3)c(C)o2)cc1C. The highest BCUT2D eigenvalue weighted by atomic mass is 16.5. The van der Waals surface area contributed by atoms with E-state index in [1.165, 1.54) is 0 Å². The molecule has 0 unspecified atom stereocenters. The third-order valence-corrected chi connectivity index (χ3v) is 3.76. The van der Waals surface area contributed by atoms with E-state index in [1.807, 2.05) is 37.6 Å². The lowest BCUT2D eigenvalue weighted by molar-refractivity contribution is 0.411. The first kappa shape index (κ1) is 14.4. The summed E-state index contributed by atoms with van der Waals surface area (Å²) in [7, 11) is 1.68. The van der Waals surface area contributed by atoms with Crippen LogP contribution in [0.1, 0.15) is 22.6 Å². The summed E-state index contributed by atoms with van der Waals surface area (Å²) in [4.78, 5) is 8.70. The average molecular weight is 297 g/mol. The zero-order chi connectivity index (χ0) is 15.7. The monoisotopic (exact) mass is 297 g/mol. The largest absolute Gasteiger partial charge is 0.496 e. The lowest BCUT2D eigenvalue weighted by Crippen LogP contribution is -1.98. The normalized spacial score (nSPS) is 10.9. The van der Waals surface area contributed by atoms with Gasteiger partial charge in [-0.2, -0.15) is 0 Å². The van der Waals surface area contributed by atoms with Crippen molar-refractivity contribution >= 4 is 0 Å². The Kier molecular flexibility index (Phi) is 3.71. The Balaban J connectivity index is 1.98. The van der Waals surface area contributed by atoms with E-state index in [-0.39, 0.29) is 0 Å². The Morgan fingerprint density at radius 2 is 2.00 bits per heavy atom. The molecular weight excluding hydrogens is 278 g/mol. The Morgan fingerprint density at radius 1 is 1.18 bits per heavy atom. The molecule has 114 valence electrons. The van der Waals surface area contributed by atoms with Gasteiger partial charge in [0.05, 0.1) is 20.0 Å². The van der Waals surface area contributed by atoms with Crippen molar-refractivity contribution in [2.75, 3.05) is 7.11 Å². The zero-order valence-corrected chi connectivity index (χ0v) is 13.3. The fraction of sp³-hybridized carbons (Fsp3) is 0.294. The molecule has 0 aliphatic carbocycles. The van der Waals surface area contributed by atoms with E-state index in [4.69, 9.17) is 9.15 Å². The fourth-order valence-electron chi connectivity index (χ4n) is 2.48. The maximum absolute atomic E-state index is 5.87. The van der Waals surface area contributed by atoms with Crippen LogP contribution in [-0.2, 0) is 6.54 Å². The highest BCUT2D eigenvalue weighted by molar-refractivity contribution is 5.62. The van der Waals surface area contributed by atoms with Gasteiger partial charge in [-0.3, -0.25) is 0 Å². The first-order chi connectivity index (χ1) is 10.6. The summed E-state index contributed by atoms with van der Waals surface area (Å²) >= 11 is 0. The summed E-state index contributed by atoms with van der Waals surface area (Å²) in [5.41, 5.74) is 4.06.